The van der Waals surface area contributed by atoms with Crippen LogP contribution in [-0.4, -0.2) is 36.7 Å². The largest absolute Gasteiger partial charge is 0.506 e. The van der Waals surface area contributed by atoms with Crippen LogP contribution in [0.15, 0.2) is 30.3 Å². The van der Waals surface area contributed by atoms with E-state index in [1.165, 1.54) is 25.3 Å². The maximum absolute atomic E-state index is 14.4. The summed E-state index contributed by atoms with van der Waals surface area (Å²) in [5.74, 6) is -3.53. The summed E-state index contributed by atoms with van der Waals surface area (Å²) >= 11 is 5.70. The second-order valence-electron chi connectivity index (χ2n) is 6.10. The third kappa shape index (κ3) is 3.94. The van der Waals surface area contributed by atoms with Crippen LogP contribution < -0.4 is 20.7 Å². The number of amides is 3. The number of ether oxygens (including phenoxy) is 1. The van der Waals surface area contributed by atoms with Crippen molar-refractivity contribution in [3.8, 4) is 11.5 Å². The van der Waals surface area contributed by atoms with Crippen LogP contribution in [0.2, 0.25) is 5.02 Å². The van der Waals surface area contributed by atoms with Crippen LogP contribution in [0.25, 0.3) is 0 Å². The smallest absolute Gasteiger partial charge is 0.319 e. The second kappa shape index (κ2) is 7.89. The van der Waals surface area contributed by atoms with Gasteiger partial charge in [0.25, 0.3) is 0 Å². The highest BCUT2D eigenvalue weighted by Crippen LogP contribution is 2.31. The Morgan fingerprint density at radius 1 is 1.29 bits per heavy atom. The lowest BCUT2D eigenvalue weighted by atomic mass is 9.93. The Morgan fingerprint density at radius 2 is 1.96 bits per heavy atom. The third-order valence-electron chi connectivity index (χ3n) is 4.33. The van der Waals surface area contributed by atoms with Crippen LogP contribution in [0.3, 0.4) is 0 Å². The molecule has 2 aromatic rings. The van der Waals surface area contributed by atoms with Crippen molar-refractivity contribution in [2.24, 2.45) is 0 Å². The predicted octanol–water partition coefficient (Wildman–Crippen LogP) is 2.74. The van der Waals surface area contributed by atoms with Gasteiger partial charge >= 0.3 is 6.03 Å². The molecule has 148 valence electrons. The van der Waals surface area contributed by atoms with Gasteiger partial charge in [-0.2, -0.15) is 0 Å². The molecule has 1 aliphatic heterocycles. The quantitative estimate of drug-likeness (QED) is 0.621. The molecule has 0 saturated carbocycles. The van der Waals surface area contributed by atoms with Crippen molar-refractivity contribution in [3.05, 3.63) is 52.6 Å². The average molecular weight is 412 g/mol. The average Bonchev–Trinajstić information content (AvgIpc) is 2.98. The lowest BCUT2D eigenvalue weighted by Crippen LogP contribution is -2.45. The fourth-order valence-corrected chi connectivity index (χ4v) is 3.11. The normalized spacial score (nSPS) is 18.5. The summed E-state index contributed by atoms with van der Waals surface area (Å²) in [5, 5.41) is 17.0. The summed E-state index contributed by atoms with van der Waals surface area (Å²) in [6.07, 6.45) is 0. The molecule has 0 spiro atoms. The molecule has 1 saturated heterocycles. The molecule has 3 rings (SSSR count). The molecule has 0 aliphatic carbocycles. The van der Waals surface area contributed by atoms with Gasteiger partial charge in [-0.15, -0.1) is 0 Å². The standard InChI is InChI=1S/C18H16ClF2N3O4/c1-28-9-5-12(20)15(13(21)6-9)10-7-22-17(26)16(10)24-18(27)23-8-2-3-11(19)14(25)4-8/h2-6,10,16,25H,7H2,1H3,(H,22,26)(H2,23,24,27)/t10-,16-/m0/s1. The first-order valence-corrected chi connectivity index (χ1v) is 8.54. The highest BCUT2D eigenvalue weighted by Gasteiger charge is 2.40. The Labute approximate surface area is 163 Å². The van der Waals surface area contributed by atoms with Gasteiger partial charge in [0.15, 0.2) is 0 Å². The zero-order valence-corrected chi connectivity index (χ0v) is 15.3. The first kappa shape index (κ1) is 19.7. The molecule has 3 amide bonds. The van der Waals surface area contributed by atoms with Crippen molar-refractivity contribution < 1.29 is 28.2 Å². The highest BCUT2D eigenvalue weighted by atomic mass is 35.5. The van der Waals surface area contributed by atoms with E-state index in [4.69, 9.17) is 16.3 Å². The van der Waals surface area contributed by atoms with E-state index in [2.05, 4.69) is 16.0 Å². The lowest BCUT2D eigenvalue weighted by Gasteiger charge is -2.20. The van der Waals surface area contributed by atoms with Gasteiger partial charge in [-0.25, -0.2) is 13.6 Å². The van der Waals surface area contributed by atoms with E-state index in [0.29, 0.717) is 0 Å². The van der Waals surface area contributed by atoms with Crippen molar-refractivity contribution in [1.82, 2.24) is 10.6 Å². The molecule has 1 heterocycles. The van der Waals surface area contributed by atoms with Crippen molar-refractivity contribution in [2.45, 2.75) is 12.0 Å². The molecule has 10 heteroatoms. The van der Waals surface area contributed by atoms with Crippen LogP contribution in [-0.2, 0) is 4.79 Å². The number of benzene rings is 2. The first-order valence-electron chi connectivity index (χ1n) is 8.17. The molecular weight excluding hydrogens is 396 g/mol. The Hall–Kier alpha value is -3.07. The molecule has 0 aromatic heterocycles. The lowest BCUT2D eigenvalue weighted by molar-refractivity contribution is -0.120. The minimum Gasteiger partial charge on any atom is -0.506 e. The predicted molar refractivity (Wildman–Crippen MR) is 97.7 cm³/mol. The van der Waals surface area contributed by atoms with E-state index in [-0.39, 0.29) is 34.3 Å². The number of aromatic hydroxyl groups is 1. The van der Waals surface area contributed by atoms with Gasteiger partial charge in [-0.1, -0.05) is 11.6 Å². The number of phenols is 1. The van der Waals surface area contributed by atoms with Gasteiger partial charge in [-0.3, -0.25) is 4.79 Å². The van der Waals surface area contributed by atoms with E-state index in [1.807, 2.05) is 0 Å². The maximum atomic E-state index is 14.4. The summed E-state index contributed by atoms with van der Waals surface area (Å²) in [4.78, 5) is 24.3. The van der Waals surface area contributed by atoms with E-state index in [0.717, 1.165) is 12.1 Å². The molecule has 0 bridgehead atoms. The number of hydrogen-bond donors (Lipinski definition) is 4. The second-order valence-corrected chi connectivity index (χ2v) is 6.51. The number of carbonyl (C=O) groups is 2. The van der Waals surface area contributed by atoms with Gasteiger partial charge in [0.05, 0.1) is 12.1 Å². The molecule has 1 aliphatic rings. The van der Waals surface area contributed by atoms with Crippen molar-refractivity contribution in [2.75, 3.05) is 19.0 Å². The van der Waals surface area contributed by atoms with E-state index < -0.39 is 35.5 Å². The summed E-state index contributed by atoms with van der Waals surface area (Å²) in [5.41, 5.74) is -0.107. The highest BCUT2D eigenvalue weighted by molar-refractivity contribution is 6.32. The zero-order valence-electron chi connectivity index (χ0n) is 14.6. The Kier molecular flexibility index (Phi) is 5.55. The molecule has 0 radical (unpaired) electrons. The van der Waals surface area contributed by atoms with Crippen molar-refractivity contribution in [1.29, 1.82) is 0 Å². The molecule has 7 nitrogen and oxygen atoms in total. The van der Waals surface area contributed by atoms with Gasteiger partial charge in [0.1, 0.15) is 29.2 Å². The van der Waals surface area contributed by atoms with Gasteiger partial charge in [0.2, 0.25) is 5.91 Å². The molecule has 1 fully saturated rings. The first-order chi connectivity index (χ1) is 13.3. The number of halogens is 3. The van der Waals surface area contributed by atoms with Crippen LogP contribution in [0.5, 0.6) is 11.5 Å². The summed E-state index contributed by atoms with van der Waals surface area (Å²) in [6, 6.07) is 4.07. The SMILES string of the molecule is COc1cc(F)c([C@@H]2CNC(=O)[C@H]2NC(=O)Nc2ccc(Cl)c(O)c2)c(F)c1. The fourth-order valence-electron chi connectivity index (χ4n) is 2.99. The van der Waals surface area contributed by atoms with E-state index in [1.54, 1.807) is 0 Å². The summed E-state index contributed by atoms with van der Waals surface area (Å²) in [7, 11) is 1.28. The van der Waals surface area contributed by atoms with E-state index in [9.17, 15) is 23.5 Å². The van der Waals surface area contributed by atoms with Crippen LogP contribution >= 0.6 is 11.6 Å². The molecule has 2 aromatic carbocycles. The zero-order chi connectivity index (χ0) is 20.4. The topological polar surface area (TPSA) is 99.7 Å². The van der Waals surface area contributed by atoms with Gasteiger partial charge < -0.3 is 25.8 Å². The summed E-state index contributed by atoms with van der Waals surface area (Å²) < 4.78 is 33.6. The summed E-state index contributed by atoms with van der Waals surface area (Å²) in [6.45, 7) is -0.0499. The minimum absolute atomic E-state index is 0.000769. The Morgan fingerprint density at radius 3 is 2.57 bits per heavy atom. The van der Waals surface area contributed by atoms with Gasteiger partial charge in [-0.05, 0) is 12.1 Å². The number of nitrogens with one attached hydrogen (secondary N) is 3. The number of carbonyl (C=O) groups excluding carboxylic acids is 2. The number of anilines is 1. The Bertz CT molecular complexity index is 918. The molecule has 28 heavy (non-hydrogen) atoms. The Balaban J connectivity index is 1.79. The number of hydrogen-bond acceptors (Lipinski definition) is 4. The fraction of sp³-hybridized carbons (Fsp3) is 0.222. The van der Waals surface area contributed by atoms with Crippen molar-refractivity contribution in [3.63, 3.8) is 0 Å². The molecule has 0 unspecified atom stereocenters. The van der Waals surface area contributed by atoms with Crippen molar-refractivity contribution >= 4 is 29.2 Å². The monoisotopic (exact) mass is 411 g/mol. The van der Waals surface area contributed by atoms with Crippen LogP contribution in [0, 0.1) is 11.6 Å². The van der Waals surface area contributed by atoms with Gasteiger partial charge in [0, 0.05) is 41.9 Å². The minimum atomic E-state index is -1.20. The number of phenolic OH excluding ortho intramolecular Hbond substituents is 1. The molecule has 2 atom stereocenters. The number of urea groups is 1. The number of methoxy groups -OCH3 is 1. The number of rotatable bonds is 4. The van der Waals surface area contributed by atoms with E-state index >= 15 is 0 Å². The van der Waals surface area contributed by atoms with Crippen LogP contribution in [0.4, 0.5) is 19.3 Å². The maximum Gasteiger partial charge on any atom is 0.319 e. The molecular formula is C18H16ClF2N3O4. The molecule has 4 N–H and O–H groups in total. The van der Waals surface area contributed by atoms with Crippen LogP contribution in [0.1, 0.15) is 11.5 Å². The third-order valence-corrected chi connectivity index (χ3v) is 4.65.